The first-order chi connectivity index (χ1) is 53.8. The van der Waals surface area contributed by atoms with E-state index >= 15 is 38.4 Å². The number of fused-ring (bicyclic) bond motifs is 4. The second-order valence-electron chi connectivity index (χ2n) is 30.1. The number of ether oxygens (including phenoxy) is 4. The Balaban J connectivity index is 0.00000122. The van der Waals surface area contributed by atoms with Crippen molar-refractivity contribution in [3.63, 3.8) is 0 Å². The Kier molecular flexibility index (Phi) is 19.5. The molecule has 12 N–H and O–H groups in total. The van der Waals surface area contributed by atoms with Crippen LogP contribution < -0.4 is 41.9 Å². The Morgan fingerprint density at radius 1 is 0.316 bits per heavy atom. The van der Waals surface area contributed by atoms with Crippen molar-refractivity contribution in [3.8, 4) is 23.0 Å². The highest BCUT2D eigenvalue weighted by Gasteiger charge is 2.80. The SMILES string of the molecule is CC12N3Cc4c(c(OCCCS(=O)(=O)O)c5ccccc5c4OCCCS(=O)(=O)O)CN1C(=O)N1CN4C(=O)N5CN6C(=O)N7CN8C(=O)N9Cc%10c(c(OCCCS(=O)(=O)O)c%11ccccc%11c%10OCCCS(=O)(=O)O)CN%10C(=O)N(CN%11C(=O)N(CN%12C(=O)N(CN(C3=O)C12C)C4C%125)C6C%117)C8(C)C%109C.NCCN.NCCN. The van der Waals surface area contributed by atoms with Crippen LogP contribution in [0.2, 0.25) is 0 Å². The lowest BCUT2D eigenvalue weighted by Gasteiger charge is -2.49. The van der Waals surface area contributed by atoms with Crippen LogP contribution in [0.1, 0.15) is 75.6 Å². The van der Waals surface area contributed by atoms with Gasteiger partial charge >= 0.3 is 48.2 Å². The van der Waals surface area contributed by atoms with Gasteiger partial charge in [0.05, 0.1) is 75.6 Å². The van der Waals surface area contributed by atoms with Gasteiger partial charge in [0.1, 0.15) is 63.0 Å². The van der Waals surface area contributed by atoms with Crippen LogP contribution in [0.5, 0.6) is 23.0 Å². The summed E-state index contributed by atoms with van der Waals surface area (Å²) in [5.74, 6) is -1.97. The normalized spacial score (nSPS) is 26.9. The van der Waals surface area contributed by atoms with E-state index in [0.717, 1.165) is 0 Å². The lowest BCUT2D eigenvalue weighted by atomic mass is 9.95. The van der Waals surface area contributed by atoms with Crippen LogP contribution in [-0.2, 0) is 66.7 Å². The van der Waals surface area contributed by atoms with Crippen LogP contribution >= 0.6 is 0 Å². The van der Waals surface area contributed by atoms with E-state index in [0.29, 0.717) is 70.0 Å². The zero-order valence-electron chi connectivity index (χ0n) is 62.4. The maximum Gasteiger partial charge on any atom is 0.326 e. The van der Waals surface area contributed by atoms with E-state index in [2.05, 4.69) is 0 Å². The van der Waals surface area contributed by atoms with Crippen molar-refractivity contribution in [2.24, 2.45) is 22.9 Å². The summed E-state index contributed by atoms with van der Waals surface area (Å²) in [5, 5.41) is 1.65. The zero-order chi connectivity index (χ0) is 82.0. The van der Waals surface area contributed by atoms with Crippen LogP contribution in [0, 0.1) is 0 Å². The number of rotatable bonds is 22. The van der Waals surface area contributed by atoms with E-state index in [1.807, 2.05) is 0 Å². The van der Waals surface area contributed by atoms with E-state index in [1.165, 1.54) is 78.4 Å². The Labute approximate surface area is 653 Å². The number of hydrogen-bond acceptors (Lipinski definition) is 24. The Morgan fingerprint density at radius 2 is 0.500 bits per heavy atom. The third-order valence-corrected chi connectivity index (χ3v) is 27.3. The number of carbonyl (C=O) groups is 8. The number of urea groups is 8. The lowest BCUT2D eigenvalue weighted by molar-refractivity contribution is -0.0871. The summed E-state index contributed by atoms with van der Waals surface area (Å²) < 4.78 is 159. The molecule has 620 valence electrons. The molecule has 0 aliphatic carbocycles. The van der Waals surface area contributed by atoms with Crippen LogP contribution in [0.15, 0.2) is 48.5 Å². The van der Waals surface area contributed by atoms with E-state index in [9.17, 15) is 51.9 Å². The van der Waals surface area contributed by atoms with Crippen molar-refractivity contribution in [3.05, 3.63) is 70.8 Å². The molecule has 0 atom stereocenters. The molecule has 13 aliphatic heterocycles. The predicted octanol–water partition coefficient (Wildman–Crippen LogP) is 0.0106. The maximum absolute atomic E-state index is 15.9. The summed E-state index contributed by atoms with van der Waals surface area (Å²) in [6, 6.07) is 7.64. The van der Waals surface area contributed by atoms with Gasteiger partial charge in [0, 0.05) is 70.0 Å². The lowest BCUT2D eigenvalue weighted by Crippen LogP contribution is -2.69. The summed E-state index contributed by atoms with van der Waals surface area (Å²) in [7, 11) is -17.7. The molecule has 44 nitrogen and oxygen atoms in total. The highest BCUT2D eigenvalue weighted by Crippen LogP contribution is 2.61. The first kappa shape index (κ1) is 79.5. The first-order valence-corrected chi connectivity index (χ1v) is 43.1. The number of hydrogen-bond donors (Lipinski definition) is 8. The molecule has 0 bridgehead atoms. The van der Waals surface area contributed by atoms with Crippen molar-refractivity contribution in [2.75, 3.05) is 116 Å². The summed E-state index contributed by atoms with van der Waals surface area (Å²) in [6.45, 7) is 3.15. The maximum atomic E-state index is 15.9. The molecule has 11 saturated heterocycles. The molecule has 11 fully saturated rings. The van der Waals surface area contributed by atoms with Crippen molar-refractivity contribution < 1.29 is 109 Å². The highest BCUT2D eigenvalue weighted by molar-refractivity contribution is 7.86. The largest absolute Gasteiger partial charge is 0.493 e. The minimum absolute atomic E-state index is 0.167. The average Bonchev–Trinajstić information content (AvgIpc) is 1.49. The molecule has 0 saturated carbocycles. The molecule has 13 heterocycles. The smallest absolute Gasteiger partial charge is 0.326 e. The molecule has 0 spiro atoms. The van der Waals surface area contributed by atoms with E-state index < -0.39 is 199 Å². The van der Waals surface area contributed by atoms with Crippen molar-refractivity contribution in [2.45, 2.75) is 127 Å². The Morgan fingerprint density at radius 3 is 0.684 bits per heavy atom. The minimum atomic E-state index is -4.43. The topological polar surface area (TPSA) is 547 Å². The fourth-order valence-electron chi connectivity index (χ4n) is 18.6. The van der Waals surface area contributed by atoms with E-state index in [-0.39, 0.29) is 101 Å². The molecule has 0 unspecified atom stereocenters. The fourth-order valence-corrected chi connectivity index (χ4v) is 20.5. The third kappa shape index (κ3) is 11.9. The van der Waals surface area contributed by atoms with Gasteiger partial charge in [0.25, 0.3) is 40.5 Å². The molecule has 16 amide bonds. The van der Waals surface area contributed by atoms with Gasteiger partial charge < -0.3 is 41.9 Å². The molecule has 0 radical (unpaired) electrons. The van der Waals surface area contributed by atoms with Crippen molar-refractivity contribution in [1.82, 2.24) is 78.4 Å². The van der Waals surface area contributed by atoms with Gasteiger partial charge in [-0.05, 0) is 53.4 Å². The van der Waals surface area contributed by atoms with Gasteiger partial charge in [-0.1, -0.05) is 48.5 Å². The highest BCUT2D eigenvalue weighted by atomic mass is 32.2. The Hall–Kier alpha value is -9.76. The first-order valence-electron chi connectivity index (χ1n) is 36.7. The molecule has 17 rings (SSSR count). The summed E-state index contributed by atoms with van der Waals surface area (Å²) in [4.78, 5) is 148. The van der Waals surface area contributed by atoms with Crippen LogP contribution in [0.4, 0.5) is 38.4 Å². The van der Waals surface area contributed by atoms with Gasteiger partial charge in [0.15, 0.2) is 47.3 Å². The van der Waals surface area contributed by atoms with Gasteiger partial charge in [-0.25, -0.2) is 38.4 Å². The number of amides is 16. The van der Waals surface area contributed by atoms with E-state index in [1.54, 1.807) is 76.2 Å². The number of nitrogens with two attached hydrogens (primary N) is 4. The van der Waals surface area contributed by atoms with Gasteiger partial charge in [-0.2, -0.15) is 33.7 Å². The number of carbonyl (C=O) groups excluding carboxylic acids is 8. The molecule has 4 aromatic carbocycles. The van der Waals surface area contributed by atoms with Crippen LogP contribution in [0.3, 0.4) is 0 Å². The number of benzene rings is 4. The number of nitrogens with zero attached hydrogens (tertiary/aromatic N) is 16. The predicted molar refractivity (Wildman–Crippen MR) is 396 cm³/mol. The zero-order valence-corrected chi connectivity index (χ0v) is 65.6. The fraction of sp³-hybridized carbons (Fsp3) is 0.576. The molecule has 13 aliphatic rings. The second-order valence-corrected chi connectivity index (χ2v) is 36.4. The van der Waals surface area contributed by atoms with Crippen molar-refractivity contribution >= 4 is 110 Å². The molecular weight excluding hydrogens is 1590 g/mol. The van der Waals surface area contributed by atoms with Crippen molar-refractivity contribution in [1.29, 1.82) is 0 Å². The average molecular weight is 1670 g/mol. The summed E-state index contributed by atoms with van der Waals surface area (Å²) in [6.07, 6.45) is -5.96. The Bertz CT molecular complexity index is 4620. The molecular formula is C66H88N20O24S4. The molecule has 114 heavy (non-hydrogen) atoms. The quantitative estimate of drug-likeness (QED) is 0.0379. The monoisotopic (exact) mass is 1670 g/mol. The van der Waals surface area contributed by atoms with Gasteiger partial charge in [-0.15, -0.1) is 0 Å². The van der Waals surface area contributed by atoms with Crippen LogP contribution in [0.25, 0.3) is 21.5 Å². The summed E-state index contributed by atoms with van der Waals surface area (Å²) >= 11 is 0. The minimum Gasteiger partial charge on any atom is -0.493 e. The second kappa shape index (κ2) is 28.0. The standard InChI is InChI=1S/C62H72N16O24S4.2C2H8N2/c1-59-61(3)75-31-67-49-47-63(51(67)79)29-65-48-50-69(53(65)81)33-77-57(85)73-27-41-42(46(102-20-12-24-106(96,97)98)38-16-8-7-15-37(38)45(41)101-19-11-23-105(93,94)95)28-74-58(86)78(62(77,4)60(73,74)2)34-70(50)54(82)66(48)30-64(47)52(80)68(49)32-76(61)56(84)72(59)26-40-39(25-71(59)55(75)83)43(99-17-9-21-103(87,88)89)35-13-5-6-14-36(35)44(40)100-18-10-22-104(90,91)92;2*3-1-2-4/h5-8,13-16,47-50H,9-12,17-34H2,1-4H3,(H,87,88,89)(H,90,91,92)(H,93,94,95)(H,96,97,98);2*1-4H2. The molecule has 48 heteroatoms. The van der Waals surface area contributed by atoms with E-state index in [4.69, 9.17) is 41.9 Å². The van der Waals surface area contributed by atoms with Gasteiger partial charge in [-0.3, -0.25) is 96.6 Å². The van der Waals surface area contributed by atoms with Gasteiger partial charge in [0.2, 0.25) is 0 Å². The summed E-state index contributed by atoms with van der Waals surface area (Å²) in [5.41, 5.74) is 13.9. The van der Waals surface area contributed by atoms with Crippen LogP contribution in [-0.4, -0.2) is 341 Å². The molecule has 0 aromatic heterocycles. The third-order valence-electron chi connectivity index (χ3n) is 24.1. The molecule has 4 aromatic rings.